The molecule has 0 unspecified atom stereocenters. The summed E-state index contributed by atoms with van der Waals surface area (Å²) >= 11 is 0. The first-order valence-corrected chi connectivity index (χ1v) is 43.4. The largest absolute Gasteiger partial charge is 0.790 e. The van der Waals surface area contributed by atoms with Crippen LogP contribution in [0.1, 0.15) is 409 Å². The van der Waals surface area contributed by atoms with Crippen LogP contribution in [0.15, 0.2) is 0 Å². The molecule has 0 aromatic carbocycles. The minimum Gasteiger partial charge on any atom is -0.790 e. The van der Waals surface area contributed by atoms with Crippen LogP contribution in [-0.4, -0.2) is 55.9 Å². The fourth-order valence-corrected chi connectivity index (χ4v) is 22.4. The Labute approximate surface area is 503 Å². The zero-order chi connectivity index (χ0) is 58.8. The van der Waals surface area contributed by atoms with Crippen LogP contribution in [0, 0.1) is 0 Å². The average molecular weight is 1180 g/mol. The Morgan fingerprint density at radius 3 is 0.494 bits per heavy atom. The van der Waals surface area contributed by atoms with Crippen molar-refractivity contribution in [3.63, 3.8) is 0 Å². The molecule has 0 aliphatic carbocycles. The molecule has 0 rings (SSSR count). The monoisotopic (exact) mass is 1180 g/mol. The van der Waals surface area contributed by atoms with Gasteiger partial charge in [-0.05, 0) is 109 Å². The van der Waals surface area contributed by atoms with E-state index in [1.807, 2.05) is 0 Å². The molecule has 0 N–H and O–H groups in total. The van der Waals surface area contributed by atoms with Crippen molar-refractivity contribution in [3.8, 4) is 0 Å². The molecule has 0 bridgehead atoms. The number of rotatable bonds is 64. The van der Waals surface area contributed by atoms with Crippen LogP contribution in [0.4, 0.5) is 0 Å². The Bertz CT molecular complexity index is 1000. The third-order valence-electron chi connectivity index (χ3n) is 17.6. The summed E-state index contributed by atoms with van der Waals surface area (Å²) in [6, 6.07) is 0. The second-order valence-corrected chi connectivity index (χ2v) is 35.8. The first-order chi connectivity index (χ1) is 38.5. The van der Waals surface area contributed by atoms with Gasteiger partial charge in [-0.1, -0.05) is 300 Å². The minimum atomic E-state index is -4.73. The lowest BCUT2D eigenvalue weighted by molar-refractivity contribution is -0.341. The van der Waals surface area contributed by atoms with Crippen LogP contribution in [0.3, 0.4) is 0 Å². The SMILES string of the molecule is CCCCCCCCCCCCCC[P+](CCCCCC)(CCCCCC)CCCCCC.CCCCCCCCCCCCCC[P+](CCCCCC)(CCCCCC)CCCCCC.CCCCCCCCOP(=O)([O-])[O-]. The van der Waals surface area contributed by atoms with Gasteiger partial charge in [-0.15, -0.1) is 0 Å². The van der Waals surface area contributed by atoms with E-state index in [1.165, 1.54) is 276 Å². The Balaban J connectivity index is -0.00000120. The maximum absolute atomic E-state index is 10.0. The van der Waals surface area contributed by atoms with E-state index in [-0.39, 0.29) is 6.61 Å². The van der Waals surface area contributed by atoms with Crippen molar-refractivity contribution in [2.45, 2.75) is 409 Å². The summed E-state index contributed by atoms with van der Waals surface area (Å²) in [4.78, 5) is 20.0. The zero-order valence-corrected chi connectivity index (χ0v) is 59.2. The molecule has 0 aliphatic rings. The van der Waals surface area contributed by atoms with Crippen LogP contribution in [0.25, 0.3) is 0 Å². The highest BCUT2D eigenvalue weighted by Crippen LogP contribution is 2.62. The Kier molecular flexibility index (Phi) is 74.3. The molecule has 4 nitrogen and oxygen atoms in total. The number of hydrogen-bond donors (Lipinski definition) is 0. The predicted octanol–water partition coefficient (Wildman–Crippen LogP) is 26.1. The topological polar surface area (TPSA) is 72.4 Å². The van der Waals surface area contributed by atoms with Crippen LogP contribution >= 0.6 is 22.3 Å². The fraction of sp³-hybridized carbons (Fsp3) is 1.00. The first-order valence-electron chi connectivity index (χ1n) is 36.9. The number of phosphoric acid groups is 1. The fourth-order valence-electron chi connectivity index (χ4n) is 12.2. The molecule has 0 aromatic rings. The quantitative estimate of drug-likeness (QED) is 0.0449. The summed E-state index contributed by atoms with van der Waals surface area (Å²) in [5.74, 6) is 0. The highest BCUT2D eigenvalue weighted by molar-refractivity contribution is 7.76. The summed E-state index contributed by atoms with van der Waals surface area (Å²) in [6.07, 6.45) is 90.4. The Hall–Kier alpha value is 0.970. The van der Waals surface area contributed by atoms with Gasteiger partial charge in [-0.2, -0.15) is 0 Å². The van der Waals surface area contributed by atoms with Gasteiger partial charge < -0.3 is 18.9 Å². The molecule has 0 radical (unpaired) electrons. The van der Waals surface area contributed by atoms with E-state index in [4.69, 9.17) is 0 Å². The summed E-state index contributed by atoms with van der Waals surface area (Å²) in [6.45, 7) is 21.0. The summed E-state index contributed by atoms with van der Waals surface area (Å²) < 4.78 is 14.1. The predicted molar refractivity (Wildman–Crippen MR) is 367 cm³/mol. The van der Waals surface area contributed by atoms with Gasteiger partial charge in [0.15, 0.2) is 0 Å². The van der Waals surface area contributed by atoms with Crippen molar-refractivity contribution in [2.24, 2.45) is 0 Å². The average Bonchev–Trinajstić information content (AvgIpc) is 3.44. The molecule has 79 heavy (non-hydrogen) atoms. The molecule has 0 heterocycles. The molecule has 0 atom stereocenters. The second-order valence-electron chi connectivity index (χ2n) is 25.7. The van der Waals surface area contributed by atoms with E-state index in [0.29, 0.717) is 6.42 Å². The van der Waals surface area contributed by atoms with Crippen molar-refractivity contribution < 1.29 is 18.9 Å². The van der Waals surface area contributed by atoms with Crippen LogP contribution < -0.4 is 9.79 Å². The molecule has 0 fully saturated rings. The van der Waals surface area contributed by atoms with Gasteiger partial charge in [0.05, 0.1) is 63.7 Å². The zero-order valence-electron chi connectivity index (χ0n) is 56.5. The van der Waals surface area contributed by atoms with Gasteiger partial charge in [-0.3, -0.25) is 0 Å². The van der Waals surface area contributed by atoms with E-state index in [2.05, 4.69) is 66.8 Å². The van der Waals surface area contributed by atoms with Gasteiger partial charge in [0.25, 0.3) is 0 Å². The summed E-state index contributed by atoms with van der Waals surface area (Å²) in [5.41, 5.74) is 0. The van der Waals surface area contributed by atoms with E-state index in [0.717, 1.165) is 12.8 Å². The molecule has 0 aromatic heterocycles. The normalized spacial score (nSPS) is 12.0. The third-order valence-corrected chi connectivity index (χ3v) is 28.3. The van der Waals surface area contributed by atoms with E-state index < -0.39 is 22.3 Å². The molecular weight excluding hydrogens is 1020 g/mol. The van der Waals surface area contributed by atoms with Crippen molar-refractivity contribution in [3.05, 3.63) is 0 Å². The lowest BCUT2D eigenvalue weighted by Crippen LogP contribution is -2.16. The second kappa shape index (κ2) is 69.7. The summed E-state index contributed by atoms with van der Waals surface area (Å²) in [7, 11) is -6.12. The molecule has 0 amide bonds. The van der Waals surface area contributed by atoms with Gasteiger partial charge in [0.2, 0.25) is 0 Å². The molecule has 7 heteroatoms. The Morgan fingerprint density at radius 1 is 0.215 bits per heavy atom. The van der Waals surface area contributed by atoms with Gasteiger partial charge in [0.1, 0.15) is 0 Å². The lowest BCUT2D eigenvalue weighted by atomic mass is 10.1. The van der Waals surface area contributed by atoms with Crippen LogP contribution in [-0.2, 0) is 9.09 Å². The Morgan fingerprint density at radius 2 is 0.342 bits per heavy atom. The van der Waals surface area contributed by atoms with E-state index >= 15 is 0 Å². The first kappa shape index (κ1) is 84.2. The number of phosphoric ester groups is 1. The molecule has 0 aliphatic heterocycles. The minimum absolute atomic E-state index is 0.0381. The smallest absolute Gasteiger partial charge is 0.0596 e. The maximum Gasteiger partial charge on any atom is 0.0596 e. The van der Waals surface area contributed by atoms with Crippen LogP contribution in [0.5, 0.6) is 0 Å². The molecule has 0 saturated heterocycles. The third kappa shape index (κ3) is 68.0. The summed E-state index contributed by atoms with van der Waals surface area (Å²) in [5, 5.41) is 0. The van der Waals surface area contributed by atoms with Gasteiger partial charge in [0, 0.05) is 14.5 Å². The highest BCUT2D eigenvalue weighted by atomic mass is 31.2. The maximum atomic E-state index is 10.0. The van der Waals surface area contributed by atoms with Gasteiger partial charge in [-0.25, -0.2) is 0 Å². The molecule has 0 saturated carbocycles. The molecule has 480 valence electrons. The van der Waals surface area contributed by atoms with Crippen molar-refractivity contribution in [1.82, 2.24) is 0 Å². The van der Waals surface area contributed by atoms with Crippen molar-refractivity contribution >= 4 is 22.3 Å². The standard InChI is InChI=1S/2C32H68P.C8H19O4P/c2*1-5-9-13-17-18-19-20-21-22-23-24-28-32-33(29-25-14-10-6-2,30-26-15-11-7-3)31-27-16-12-8-4;1-2-3-4-5-6-7-8-12-13(9,10)11/h2*5-32H2,1-4H3;2-8H2,1H3,(H2,9,10,11)/q2*+1;/p-2. The molecular formula is C72H153O4P3. The van der Waals surface area contributed by atoms with Crippen molar-refractivity contribution in [1.29, 1.82) is 0 Å². The highest BCUT2D eigenvalue weighted by Gasteiger charge is 2.36. The van der Waals surface area contributed by atoms with E-state index in [1.54, 1.807) is 101 Å². The van der Waals surface area contributed by atoms with Gasteiger partial charge >= 0.3 is 0 Å². The lowest BCUT2D eigenvalue weighted by Gasteiger charge is -2.28. The number of unbranched alkanes of at least 4 members (excludes halogenated alkanes) is 45. The molecule has 0 spiro atoms. The van der Waals surface area contributed by atoms with Crippen molar-refractivity contribution in [2.75, 3.05) is 55.9 Å². The van der Waals surface area contributed by atoms with E-state index in [9.17, 15) is 14.4 Å². The van der Waals surface area contributed by atoms with Crippen LogP contribution in [0.2, 0.25) is 0 Å². The number of hydrogen-bond acceptors (Lipinski definition) is 4.